The molecule has 3 rings (SSSR count). The molecule has 2 aliphatic rings. The number of halogens is 3. The number of amides is 1. The van der Waals surface area contributed by atoms with Crippen molar-refractivity contribution in [2.24, 2.45) is 0 Å². The molecule has 7 heteroatoms. The smallest absolute Gasteiger partial charge is 0.339 e. The van der Waals surface area contributed by atoms with Gasteiger partial charge in [0, 0.05) is 31.9 Å². The molecule has 0 spiro atoms. The number of nitrogens with zero attached hydrogens (tertiary/aromatic N) is 2. The molecule has 0 saturated carbocycles. The molecule has 1 aromatic carbocycles. The van der Waals surface area contributed by atoms with Gasteiger partial charge in [0.1, 0.15) is 0 Å². The normalized spacial score (nSPS) is 24.5. The molecule has 1 atom stereocenters. The van der Waals surface area contributed by atoms with Crippen molar-refractivity contribution >= 4 is 5.91 Å². The van der Waals surface area contributed by atoms with Gasteiger partial charge in [0.15, 0.2) is 5.54 Å². The van der Waals surface area contributed by atoms with E-state index in [1.165, 1.54) is 36.5 Å². The summed E-state index contributed by atoms with van der Waals surface area (Å²) < 4.78 is 41.2. The van der Waals surface area contributed by atoms with Crippen LogP contribution in [0.25, 0.3) is 0 Å². The summed E-state index contributed by atoms with van der Waals surface area (Å²) in [5, 5.41) is 1.27. The number of rotatable bonds is 2. The Morgan fingerprint density at radius 1 is 1.21 bits per heavy atom. The molecule has 2 aliphatic heterocycles. The van der Waals surface area contributed by atoms with Crippen LogP contribution < -0.4 is 5.43 Å². The summed E-state index contributed by atoms with van der Waals surface area (Å²) >= 11 is 0. The van der Waals surface area contributed by atoms with Crippen molar-refractivity contribution in [2.75, 3.05) is 20.1 Å². The maximum atomic E-state index is 13.7. The second-order valence-corrected chi connectivity index (χ2v) is 6.28. The summed E-state index contributed by atoms with van der Waals surface area (Å²) in [6.45, 7) is 1.32. The van der Waals surface area contributed by atoms with Gasteiger partial charge in [0.05, 0.1) is 0 Å². The lowest BCUT2D eigenvalue weighted by atomic mass is 9.89. The van der Waals surface area contributed by atoms with Gasteiger partial charge in [-0.05, 0) is 43.0 Å². The van der Waals surface area contributed by atoms with E-state index in [2.05, 4.69) is 5.43 Å². The van der Waals surface area contributed by atoms with Crippen LogP contribution in [-0.2, 0) is 5.54 Å². The number of benzene rings is 1. The highest BCUT2D eigenvalue weighted by Gasteiger charge is 2.57. The largest absolute Gasteiger partial charge is 0.416 e. The Labute approximate surface area is 138 Å². The topological polar surface area (TPSA) is 35.6 Å². The standard InChI is InChI=1S/C17H20F3N3O/c1-22-11-8-16(21-22,17(18,19)20)14-7-5-6-13(12-14)15(24)23-9-3-2-4-10-23/h5-8,11-12,21H,2-4,9-10H2,1H3. The quantitative estimate of drug-likeness (QED) is 0.900. The summed E-state index contributed by atoms with van der Waals surface area (Å²) in [6, 6.07) is 5.83. The Morgan fingerprint density at radius 2 is 1.92 bits per heavy atom. The number of hydrazine groups is 1. The van der Waals surface area contributed by atoms with Gasteiger partial charge in [-0.1, -0.05) is 12.1 Å². The fourth-order valence-electron chi connectivity index (χ4n) is 3.24. The highest BCUT2D eigenvalue weighted by molar-refractivity contribution is 5.94. The minimum absolute atomic E-state index is 0.0125. The minimum Gasteiger partial charge on any atom is -0.339 e. The van der Waals surface area contributed by atoms with Crippen LogP contribution in [0.15, 0.2) is 36.5 Å². The Bertz CT molecular complexity index is 653. The van der Waals surface area contributed by atoms with Gasteiger partial charge in [-0.25, -0.2) is 5.43 Å². The predicted octanol–water partition coefficient (Wildman–Crippen LogP) is 3.03. The number of hydrogen-bond acceptors (Lipinski definition) is 3. The Hall–Kier alpha value is -2.02. The number of carbonyl (C=O) groups excluding carboxylic acids is 1. The molecule has 0 aromatic heterocycles. The molecule has 1 unspecified atom stereocenters. The molecule has 130 valence electrons. The molecule has 1 aromatic rings. The average Bonchev–Trinajstić information content (AvgIpc) is 2.98. The number of hydrogen-bond donors (Lipinski definition) is 1. The first-order valence-electron chi connectivity index (χ1n) is 8.00. The summed E-state index contributed by atoms with van der Waals surface area (Å²) in [5.41, 5.74) is 0.443. The lowest BCUT2D eigenvalue weighted by Crippen LogP contribution is -2.53. The SMILES string of the molecule is CN1C=CC(c2cccc(C(=O)N3CCCCC3)c2)(C(F)(F)F)N1. The highest BCUT2D eigenvalue weighted by atomic mass is 19.4. The van der Waals surface area contributed by atoms with Crippen molar-refractivity contribution in [3.05, 3.63) is 47.7 Å². The molecular weight excluding hydrogens is 319 g/mol. The van der Waals surface area contributed by atoms with Crippen LogP contribution >= 0.6 is 0 Å². The van der Waals surface area contributed by atoms with Crippen LogP contribution in [0, 0.1) is 0 Å². The van der Waals surface area contributed by atoms with E-state index in [-0.39, 0.29) is 11.5 Å². The maximum Gasteiger partial charge on any atom is 0.416 e. The van der Waals surface area contributed by atoms with E-state index in [9.17, 15) is 18.0 Å². The van der Waals surface area contributed by atoms with Crippen LogP contribution in [0.5, 0.6) is 0 Å². The third kappa shape index (κ3) is 2.88. The van der Waals surface area contributed by atoms with E-state index in [1.807, 2.05) is 0 Å². The van der Waals surface area contributed by atoms with Crippen molar-refractivity contribution in [1.29, 1.82) is 0 Å². The van der Waals surface area contributed by atoms with Gasteiger partial charge < -0.3 is 9.91 Å². The minimum atomic E-state index is -4.53. The van der Waals surface area contributed by atoms with Crippen LogP contribution in [0.1, 0.15) is 35.2 Å². The lowest BCUT2D eigenvalue weighted by molar-refractivity contribution is -0.191. The zero-order valence-corrected chi connectivity index (χ0v) is 13.4. The average molecular weight is 339 g/mol. The first-order valence-corrected chi connectivity index (χ1v) is 8.00. The van der Waals surface area contributed by atoms with Crippen molar-refractivity contribution < 1.29 is 18.0 Å². The van der Waals surface area contributed by atoms with Crippen molar-refractivity contribution in [1.82, 2.24) is 15.3 Å². The van der Waals surface area contributed by atoms with E-state index in [4.69, 9.17) is 0 Å². The molecule has 24 heavy (non-hydrogen) atoms. The number of nitrogens with one attached hydrogen (secondary N) is 1. The Balaban J connectivity index is 1.94. The van der Waals surface area contributed by atoms with Gasteiger partial charge >= 0.3 is 6.18 Å². The third-order valence-electron chi connectivity index (χ3n) is 4.56. The molecule has 0 aliphatic carbocycles. The summed E-state index contributed by atoms with van der Waals surface area (Å²) in [5.74, 6) is -0.204. The van der Waals surface area contributed by atoms with E-state index >= 15 is 0 Å². The summed E-state index contributed by atoms with van der Waals surface area (Å²) in [4.78, 5) is 14.3. The maximum absolute atomic E-state index is 13.7. The van der Waals surface area contributed by atoms with E-state index in [0.717, 1.165) is 25.3 Å². The lowest BCUT2D eigenvalue weighted by Gasteiger charge is -2.33. The monoisotopic (exact) mass is 339 g/mol. The van der Waals surface area contributed by atoms with Gasteiger partial charge in [0.25, 0.3) is 5.91 Å². The van der Waals surface area contributed by atoms with Crippen molar-refractivity contribution in [3.63, 3.8) is 0 Å². The second-order valence-electron chi connectivity index (χ2n) is 6.28. The molecule has 1 fully saturated rings. The number of alkyl halides is 3. The number of piperidine rings is 1. The van der Waals surface area contributed by atoms with Gasteiger partial charge in [-0.3, -0.25) is 4.79 Å². The van der Waals surface area contributed by atoms with Crippen molar-refractivity contribution in [3.8, 4) is 0 Å². The summed E-state index contributed by atoms with van der Waals surface area (Å²) in [7, 11) is 1.51. The molecule has 1 saturated heterocycles. The van der Waals surface area contributed by atoms with Crippen LogP contribution in [0.2, 0.25) is 0 Å². The molecule has 4 nitrogen and oxygen atoms in total. The first kappa shape index (κ1) is 16.8. The molecular formula is C17H20F3N3O. The van der Waals surface area contributed by atoms with E-state index in [1.54, 1.807) is 11.0 Å². The molecule has 2 heterocycles. The Morgan fingerprint density at radius 3 is 2.50 bits per heavy atom. The fourth-order valence-corrected chi connectivity index (χ4v) is 3.24. The molecule has 0 radical (unpaired) electrons. The van der Waals surface area contributed by atoms with E-state index in [0.29, 0.717) is 18.7 Å². The first-order chi connectivity index (χ1) is 11.3. The fraction of sp³-hybridized carbons (Fsp3) is 0.471. The van der Waals surface area contributed by atoms with Crippen LogP contribution in [0.4, 0.5) is 13.2 Å². The third-order valence-corrected chi connectivity index (χ3v) is 4.56. The van der Waals surface area contributed by atoms with Gasteiger partial charge in [0.2, 0.25) is 0 Å². The zero-order chi connectivity index (χ0) is 17.4. The van der Waals surface area contributed by atoms with Crippen LogP contribution in [-0.4, -0.2) is 42.1 Å². The Kier molecular flexibility index (Phi) is 4.29. The second kappa shape index (κ2) is 6.12. The molecule has 1 N–H and O–H groups in total. The number of likely N-dealkylation sites (tertiary alicyclic amines) is 1. The van der Waals surface area contributed by atoms with Gasteiger partial charge in [-0.2, -0.15) is 13.2 Å². The van der Waals surface area contributed by atoms with Crippen molar-refractivity contribution in [2.45, 2.75) is 31.0 Å². The van der Waals surface area contributed by atoms with Crippen LogP contribution in [0.3, 0.4) is 0 Å². The molecule has 0 bridgehead atoms. The predicted molar refractivity (Wildman–Crippen MR) is 84.0 cm³/mol. The van der Waals surface area contributed by atoms with E-state index < -0.39 is 11.7 Å². The zero-order valence-electron chi connectivity index (χ0n) is 13.4. The summed E-state index contributed by atoms with van der Waals surface area (Å²) in [6.07, 6.45) is 0.854. The molecule has 1 amide bonds. The highest BCUT2D eigenvalue weighted by Crippen LogP contribution is 2.42. The number of carbonyl (C=O) groups is 1. The van der Waals surface area contributed by atoms with Gasteiger partial charge in [-0.15, -0.1) is 0 Å².